The van der Waals surface area contributed by atoms with Gasteiger partial charge in [0.05, 0.1) is 13.7 Å². The molecule has 0 amide bonds. The molecule has 1 atom stereocenters. The lowest BCUT2D eigenvalue weighted by molar-refractivity contribution is -0.159. The number of rotatable bonds is 5. The second-order valence-corrected chi connectivity index (χ2v) is 4.26. The molecule has 0 aliphatic carbocycles. The fourth-order valence-corrected chi connectivity index (χ4v) is 1.69. The minimum absolute atomic E-state index is 0.0851. The van der Waals surface area contributed by atoms with Gasteiger partial charge in [-0.25, -0.2) is 9.18 Å². The molecule has 4 nitrogen and oxygen atoms in total. The molecule has 0 radical (unpaired) electrons. The summed E-state index contributed by atoms with van der Waals surface area (Å²) in [6.07, 6.45) is 0. The van der Waals surface area contributed by atoms with E-state index in [1.54, 1.807) is 17.0 Å². The Morgan fingerprint density at radius 3 is 2.44 bits per heavy atom. The van der Waals surface area contributed by atoms with Gasteiger partial charge in [-0.2, -0.15) is 0 Å². The summed E-state index contributed by atoms with van der Waals surface area (Å²) in [6, 6.07) is 5.88. The predicted octanol–water partition coefficient (Wildman–Crippen LogP) is 1.58. The Balaban J connectivity index is 2.85. The normalized spacial score (nSPS) is 13.8. The van der Waals surface area contributed by atoms with E-state index in [2.05, 4.69) is 4.74 Å². The van der Waals surface area contributed by atoms with E-state index in [4.69, 9.17) is 0 Å². The van der Waals surface area contributed by atoms with Crippen LogP contribution in [0.4, 0.5) is 10.1 Å². The zero-order valence-electron chi connectivity index (χ0n) is 10.8. The molecular weight excluding hydrogens is 237 g/mol. The largest absolute Gasteiger partial charge is 0.467 e. The van der Waals surface area contributed by atoms with Crippen LogP contribution < -0.4 is 4.90 Å². The molecule has 0 heterocycles. The molecular formula is C13H18FNO3. The summed E-state index contributed by atoms with van der Waals surface area (Å²) >= 11 is 0. The van der Waals surface area contributed by atoms with Crippen molar-refractivity contribution in [2.45, 2.75) is 19.4 Å². The third-order valence-electron chi connectivity index (χ3n) is 2.70. The van der Waals surface area contributed by atoms with Gasteiger partial charge in [0.2, 0.25) is 0 Å². The Bertz CT molecular complexity index is 403. The minimum Gasteiger partial charge on any atom is -0.467 e. The molecule has 0 bridgehead atoms. The first-order valence-electron chi connectivity index (χ1n) is 5.72. The Labute approximate surface area is 106 Å². The molecule has 100 valence electrons. The van der Waals surface area contributed by atoms with Gasteiger partial charge in [-0.05, 0) is 38.1 Å². The number of benzene rings is 1. The molecule has 0 aliphatic rings. The van der Waals surface area contributed by atoms with E-state index < -0.39 is 11.6 Å². The van der Waals surface area contributed by atoms with Crippen LogP contribution in [0.1, 0.15) is 13.8 Å². The number of methoxy groups -OCH3 is 1. The van der Waals surface area contributed by atoms with Crippen molar-refractivity contribution in [3.8, 4) is 0 Å². The number of anilines is 1. The average molecular weight is 255 g/mol. The molecule has 1 aromatic rings. The van der Waals surface area contributed by atoms with Crippen LogP contribution in [0.5, 0.6) is 0 Å². The number of nitrogens with zero attached hydrogens (tertiary/aromatic N) is 1. The Kier molecular flexibility index (Phi) is 4.67. The molecule has 5 heteroatoms. The van der Waals surface area contributed by atoms with Gasteiger partial charge in [0.1, 0.15) is 5.82 Å². The highest BCUT2D eigenvalue weighted by atomic mass is 19.1. The van der Waals surface area contributed by atoms with Crippen LogP contribution >= 0.6 is 0 Å². The summed E-state index contributed by atoms with van der Waals surface area (Å²) in [5.41, 5.74) is -0.859. The number of hydrogen-bond acceptors (Lipinski definition) is 4. The number of halogens is 1. The quantitative estimate of drug-likeness (QED) is 0.811. The van der Waals surface area contributed by atoms with Crippen molar-refractivity contribution in [2.75, 3.05) is 25.1 Å². The van der Waals surface area contributed by atoms with E-state index in [-0.39, 0.29) is 12.4 Å². The monoisotopic (exact) mass is 255 g/mol. The lowest BCUT2D eigenvalue weighted by Gasteiger charge is -2.30. The summed E-state index contributed by atoms with van der Waals surface area (Å²) in [6.45, 7) is 3.95. The maximum Gasteiger partial charge on any atom is 0.339 e. The fourth-order valence-electron chi connectivity index (χ4n) is 1.69. The Morgan fingerprint density at radius 1 is 1.44 bits per heavy atom. The molecule has 0 aliphatic heterocycles. The van der Waals surface area contributed by atoms with Crippen molar-refractivity contribution in [3.05, 3.63) is 30.1 Å². The SMILES string of the molecule is CCN(CC(C)(O)C(=O)OC)c1ccc(F)cc1. The van der Waals surface area contributed by atoms with Gasteiger partial charge in [-0.1, -0.05) is 0 Å². The van der Waals surface area contributed by atoms with Crippen molar-refractivity contribution in [2.24, 2.45) is 0 Å². The minimum atomic E-state index is -1.60. The topological polar surface area (TPSA) is 49.8 Å². The highest BCUT2D eigenvalue weighted by Gasteiger charge is 2.33. The average Bonchev–Trinajstić information content (AvgIpc) is 2.36. The molecule has 1 rings (SSSR count). The van der Waals surface area contributed by atoms with Gasteiger partial charge >= 0.3 is 5.97 Å². The van der Waals surface area contributed by atoms with Crippen LogP contribution in [0.25, 0.3) is 0 Å². The third-order valence-corrected chi connectivity index (χ3v) is 2.70. The molecule has 0 aromatic heterocycles. The van der Waals surface area contributed by atoms with E-state index in [1.165, 1.54) is 26.2 Å². The van der Waals surface area contributed by atoms with E-state index in [0.29, 0.717) is 6.54 Å². The summed E-state index contributed by atoms with van der Waals surface area (Å²) in [5.74, 6) is -1.02. The van der Waals surface area contributed by atoms with E-state index in [9.17, 15) is 14.3 Å². The van der Waals surface area contributed by atoms with Crippen LogP contribution in [0.15, 0.2) is 24.3 Å². The number of likely N-dealkylation sites (N-methyl/N-ethyl adjacent to an activating group) is 1. The van der Waals surface area contributed by atoms with Gasteiger partial charge in [-0.15, -0.1) is 0 Å². The van der Waals surface area contributed by atoms with Crippen LogP contribution in [-0.2, 0) is 9.53 Å². The zero-order chi connectivity index (χ0) is 13.8. The van der Waals surface area contributed by atoms with E-state index in [1.807, 2.05) is 6.92 Å². The van der Waals surface area contributed by atoms with Crippen molar-refractivity contribution >= 4 is 11.7 Å². The first-order chi connectivity index (χ1) is 8.40. The lowest BCUT2D eigenvalue weighted by Crippen LogP contribution is -2.47. The van der Waals surface area contributed by atoms with Crippen molar-refractivity contribution < 1.29 is 19.0 Å². The van der Waals surface area contributed by atoms with Crippen molar-refractivity contribution in [1.82, 2.24) is 0 Å². The number of carbonyl (C=O) groups is 1. The van der Waals surface area contributed by atoms with Crippen LogP contribution in [0, 0.1) is 5.82 Å². The van der Waals surface area contributed by atoms with E-state index >= 15 is 0 Å². The molecule has 0 spiro atoms. The molecule has 0 saturated heterocycles. The maximum atomic E-state index is 12.8. The number of aliphatic hydroxyl groups is 1. The second kappa shape index (κ2) is 5.82. The van der Waals surface area contributed by atoms with Gasteiger partial charge < -0.3 is 14.7 Å². The van der Waals surface area contributed by atoms with Gasteiger partial charge in [-0.3, -0.25) is 0 Å². The molecule has 0 fully saturated rings. The Morgan fingerprint density at radius 2 is 2.00 bits per heavy atom. The summed E-state index contributed by atoms with van der Waals surface area (Å²) < 4.78 is 17.4. The standard InChI is InChI=1S/C13H18FNO3/c1-4-15(9-13(2,17)12(16)18-3)11-7-5-10(14)6-8-11/h5-8,17H,4,9H2,1-3H3. The number of ether oxygens (including phenoxy) is 1. The van der Waals surface area contributed by atoms with Crippen LogP contribution in [-0.4, -0.2) is 36.9 Å². The first kappa shape index (κ1) is 14.4. The van der Waals surface area contributed by atoms with Gasteiger partial charge in [0.25, 0.3) is 0 Å². The van der Waals surface area contributed by atoms with Gasteiger partial charge in [0.15, 0.2) is 5.60 Å². The lowest BCUT2D eigenvalue weighted by atomic mass is 10.1. The summed E-state index contributed by atoms with van der Waals surface area (Å²) in [5, 5.41) is 10.0. The highest BCUT2D eigenvalue weighted by molar-refractivity contribution is 5.79. The smallest absolute Gasteiger partial charge is 0.339 e. The molecule has 1 aromatic carbocycles. The molecule has 0 saturated carbocycles. The molecule has 1 N–H and O–H groups in total. The number of hydrogen-bond donors (Lipinski definition) is 1. The van der Waals surface area contributed by atoms with Gasteiger partial charge in [0, 0.05) is 12.2 Å². The third kappa shape index (κ3) is 3.43. The second-order valence-electron chi connectivity index (χ2n) is 4.26. The highest BCUT2D eigenvalue weighted by Crippen LogP contribution is 2.18. The van der Waals surface area contributed by atoms with Crippen LogP contribution in [0.3, 0.4) is 0 Å². The Hall–Kier alpha value is -1.62. The summed E-state index contributed by atoms with van der Waals surface area (Å²) in [7, 11) is 1.23. The fraction of sp³-hybridized carbons (Fsp3) is 0.462. The number of esters is 1. The number of carbonyl (C=O) groups excluding carboxylic acids is 1. The zero-order valence-corrected chi connectivity index (χ0v) is 10.8. The van der Waals surface area contributed by atoms with Crippen LogP contribution in [0.2, 0.25) is 0 Å². The van der Waals surface area contributed by atoms with Crippen molar-refractivity contribution in [1.29, 1.82) is 0 Å². The maximum absolute atomic E-state index is 12.8. The first-order valence-corrected chi connectivity index (χ1v) is 5.72. The predicted molar refractivity (Wildman–Crippen MR) is 66.9 cm³/mol. The van der Waals surface area contributed by atoms with Crippen molar-refractivity contribution in [3.63, 3.8) is 0 Å². The molecule has 1 unspecified atom stereocenters. The molecule has 18 heavy (non-hydrogen) atoms. The van der Waals surface area contributed by atoms with E-state index in [0.717, 1.165) is 5.69 Å². The summed E-state index contributed by atoms with van der Waals surface area (Å²) in [4.78, 5) is 13.2.